The number of aromatic nitrogens is 1. The number of nitrogens with one attached hydrogen (secondary N) is 3. The molecule has 11 nitrogen and oxygen atoms in total. The van der Waals surface area contributed by atoms with Gasteiger partial charge >= 0.3 is 0 Å². The minimum Gasteiger partial charge on any atom is -0.383 e. The van der Waals surface area contributed by atoms with Gasteiger partial charge in [0.05, 0.1) is 27.7 Å². The number of carbonyl (C=O) groups excluding carboxylic acids is 3. The molecule has 0 unspecified atom stereocenters. The standard InChI is InChI=1S/C22H27ClN4O7S/c1-3-34-11-4-9-24-21(29)17-13-16(6-7-18(17)23)35(31,32)27-20(28)15-5-8-19(26-14-15)22(30)25-10-12-33-2/h5-8,13-14H,3-4,9-12H2,1-2H3,(H,24,29)(H,25,30)(H,27,28). The molecule has 13 heteroatoms. The lowest BCUT2D eigenvalue weighted by atomic mass is 10.2. The fraction of sp³-hybridized carbons (Fsp3) is 0.364. The molecule has 1 heterocycles. The highest BCUT2D eigenvalue weighted by Crippen LogP contribution is 2.21. The Morgan fingerprint density at radius 3 is 2.40 bits per heavy atom. The number of sulfonamides is 1. The number of pyridine rings is 1. The van der Waals surface area contributed by atoms with E-state index in [0.29, 0.717) is 32.8 Å². The minimum absolute atomic E-state index is 0.0510. The molecule has 2 rings (SSSR count). The van der Waals surface area contributed by atoms with E-state index < -0.39 is 27.7 Å². The summed E-state index contributed by atoms with van der Waals surface area (Å²) in [5.74, 6) is -1.98. The van der Waals surface area contributed by atoms with Crippen LogP contribution in [0.5, 0.6) is 0 Å². The SMILES string of the molecule is CCOCCCNC(=O)c1cc(S(=O)(=O)NC(=O)c2ccc(C(=O)NCCOC)nc2)ccc1Cl. The summed E-state index contributed by atoms with van der Waals surface area (Å²) < 4.78 is 37.4. The number of halogens is 1. The topological polar surface area (TPSA) is 153 Å². The largest absolute Gasteiger partial charge is 0.383 e. The van der Waals surface area contributed by atoms with E-state index in [9.17, 15) is 22.8 Å². The second-order valence-electron chi connectivity index (χ2n) is 7.06. The van der Waals surface area contributed by atoms with Crippen molar-refractivity contribution in [1.82, 2.24) is 20.3 Å². The van der Waals surface area contributed by atoms with Crippen molar-refractivity contribution in [3.63, 3.8) is 0 Å². The maximum absolute atomic E-state index is 12.7. The van der Waals surface area contributed by atoms with E-state index in [2.05, 4.69) is 15.6 Å². The van der Waals surface area contributed by atoms with Crippen molar-refractivity contribution in [1.29, 1.82) is 0 Å². The van der Waals surface area contributed by atoms with Crippen molar-refractivity contribution in [3.05, 3.63) is 58.4 Å². The Kier molecular flexibility index (Phi) is 11.1. The van der Waals surface area contributed by atoms with Crippen LogP contribution in [0.25, 0.3) is 0 Å². The molecule has 3 amide bonds. The van der Waals surface area contributed by atoms with Crippen molar-refractivity contribution in [2.45, 2.75) is 18.2 Å². The molecule has 0 aliphatic carbocycles. The van der Waals surface area contributed by atoms with Crippen molar-refractivity contribution >= 4 is 39.3 Å². The first kappa shape index (κ1) is 28.2. The third-order valence-corrected chi connectivity index (χ3v) is 6.18. The van der Waals surface area contributed by atoms with E-state index in [1.807, 2.05) is 11.6 Å². The molecule has 3 N–H and O–H groups in total. The van der Waals surface area contributed by atoms with Crippen LogP contribution in [0.1, 0.15) is 44.5 Å². The average Bonchev–Trinajstić information content (AvgIpc) is 2.83. The summed E-state index contributed by atoms with van der Waals surface area (Å²) in [6.45, 7) is 3.82. The van der Waals surface area contributed by atoms with E-state index in [4.69, 9.17) is 21.1 Å². The van der Waals surface area contributed by atoms with Crippen molar-refractivity contribution < 1.29 is 32.3 Å². The van der Waals surface area contributed by atoms with Crippen LogP contribution < -0.4 is 15.4 Å². The molecule has 2 aromatic rings. The number of hydrogen-bond acceptors (Lipinski definition) is 8. The summed E-state index contributed by atoms with van der Waals surface area (Å²) in [5.41, 5.74) is -0.0812. The third-order valence-electron chi connectivity index (χ3n) is 4.53. The molecule has 35 heavy (non-hydrogen) atoms. The molecule has 1 aromatic carbocycles. The van der Waals surface area contributed by atoms with E-state index in [-0.39, 0.29) is 33.3 Å². The van der Waals surface area contributed by atoms with Gasteiger partial charge in [-0.1, -0.05) is 11.6 Å². The lowest BCUT2D eigenvalue weighted by Gasteiger charge is -2.11. The van der Waals surface area contributed by atoms with Crippen LogP contribution in [0, 0.1) is 0 Å². The summed E-state index contributed by atoms with van der Waals surface area (Å²) in [6, 6.07) is 6.08. The van der Waals surface area contributed by atoms with Gasteiger partial charge in [-0.15, -0.1) is 0 Å². The quantitative estimate of drug-likeness (QED) is 0.331. The Hall–Kier alpha value is -3.06. The van der Waals surface area contributed by atoms with E-state index in [1.54, 1.807) is 0 Å². The van der Waals surface area contributed by atoms with Gasteiger partial charge in [0.15, 0.2) is 0 Å². The summed E-state index contributed by atoms with van der Waals surface area (Å²) in [7, 11) is -2.84. The third kappa shape index (κ3) is 8.58. The molecule has 0 aliphatic rings. The monoisotopic (exact) mass is 526 g/mol. The Labute approximate surface area is 208 Å². The van der Waals surface area contributed by atoms with Gasteiger partial charge in [-0.3, -0.25) is 19.4 Å². The highest BCUT2D eigenvalue weighted by molar-refractivity contribution is 7.90. The summed E-state index contributed by atoms with van der Waals surface area (Å²) in [6.07, 6.45) is 1.66. The molecular weight excluding hydrogens is 500 g/mol. The maximum Gasteiger partial charge on any atom is 0.269 e. The average molecular weight is 527 g/mol. The Balaban J connectivity index is 2.07. The molecule has 0 aliphatic heterocycles. The van der Waals surface area contributed by atoms with Gasteiger partial charge in [0.25, 0.3) is 27.7 Å². The van der Waals surface area contributed by atoms with Crippen LogP contribution in [0.2, 0.25) is 5.02 Å². The fourth-order valence-corrected chi connectivity index (χ4v) is 3.92. The number of amides is 3. The van der Waals surface area contributed by atoms with Crippen molar-refractivity contribution in [3.8, 4) is 0 Å². The normalized spacial score (nSPS) is 11.1. The Morgan fingerprint density at radius 1 is 1.00 bits per heavy atom. The predicted octanol–water partition coefficient (Wildman–Crippen LogP) is 1.39. The first-order chi connectivity index (χ1) is 16.7. The van der Waals surface area contributed by atoms with Crippen LogP contribution in [0.4, 0.5) is 0 Å². The van der Waals surface area contributed by atoms with Gasteiger partial charge < -0.3 is 20.1 Å². The molecule has 0 spiro atoms. The van der Waals surface area contributed by atoms with Gasteiger partial charge in [0.1, 0.15) is 5.69 Å². The number of ether oxygens (including phenoxy) is 2. The molecule has 1 aromatic heterocycles. The second-order valence-corrected chi connectivity index (χ2v) is 9.15. The summed E-state index contributed by atoms with van der Waals surface area (Å²) in [5, 5.41) is 5.27. The lowest BCUT2D eigenvalue weighted by Crippen LogP contribution is -2.31. The maximum atomic E-state index is 12.7. The number of methoxy groups -OCH3 is 1. The zero-order valence-electron chi connectivity index (χ0n) is 19.3. The van der Waals surface area contributed by atoms with Gasteiger partial charge in [0, 0.05) is 39.6 Å². The van der Waals surface area contributed by atoms with Crippen LogP contribution in [0.15, 0.2) is 41.4 Å². The van der Waals surface area contributed by atoms with E-state index in [0.717, 1.165) is 12.3 Å². The smallest absolute Gasteiger partial charge is 0.269 e. The number of carbonyl (C=O) groups is 3. The first-order valence-corrected chi connectivity index (χ1v) is 12.5. The van der Waals surface area contributed by atoms with Gasteiger partial charge in [-0.05, 0) is 43.7 Å². The first-order valence-electron chi connectivity index (χ1n) is 10.7. The highest BCUT2D eigenvalue weighted by Gasteiger charge is 2.22. The molecule has 0 saturated heterocycles. The lowest BCUT2D eigenvalue weighted by molar-refractivity contribution is 0.0926. The molecule has 0 saturated carbocycles. The van der Waals surface area contributed by atoms with E-state index in [1.165, 1.54) is 31.4 Å². The van der Waals surface area contributed by atoms with Crippen molar-refractivity contribution in [2.24, 2.45) is 0 Å². The zero-order chi connectivity index (χ0) is 25.8. The van der Waals surface area contributed by atoms with Crippen molar-refractivity contribution in [2.75, 3.05) is 40.0 Å². The number of nitrogens with zero attached hydrogens (tertiary/aromatic N) is 1. The summed E-state index contributed by atoms with van der Waals surface area (Å²) >= 11 is 6.07. The molecule has 0 radical (unpaired) electrons. The molecular formula is C22H27ClN4O7S. The predicted molar refractivity (Wildman–Crippen MR) is 128 cm³/mol. The number of benzene rings is 1. The Morgan fingerprint density at radius 2 is 1.74 bits per heavy atom. The number of hydrogen-bond donors (Lipinski definition) is 3. The van der Waals surface area contributed by atoms with Crippen LogP contribution in [0.3, 0.4) is 0 Å². The van der Waals surface area contributed by atoms with Crippen LogP contribution in [-0.4, -0.2) is 71.1 Å². The van der Waals surface area contributed by atoms with Gasteiger partial charge in [-0.25, -0.2) is 13.1 Å². The number of rotatable bonds is 13. The van der Waals surface area contributed by atoms with Crippen LogP contribution >= 0.6 is 11.6 Å². The minimum atomic E-state index is -4.33. The molecule has 0 bridgehead atoms. The summed E-state index contributed by atoms with van der Waals surface area (Å²) in [4.78, 5) is 40.4. The van der Waals surface area contributed by atoms with Gasteiger partial charge in [-0.2, -0.15) is 0 Å². The molecule has 0 atom stereocenters. The fourth-order valence-electron chi connectivity index (χ4n) is 2.72. The Bertz CT molecular complexity index is 1140. The zero-order valence-corrected chi connectivity index (χ0v) is 20.9. The van der Waals surface area contributed by atoms with Crippen LogP contribution in [-0.2, 0) is 19.5 Å². The second kappa shape index (κ2) is 13.7. The highest BCUT2D eigenvalue weighted by atomic mass is 35.5. The van der Waals surface area contributed by atoms with E-state index >= 15 is 0 Å². The molecule has 190 valence electrons. The van der Waals surface area contributed by atoms with Gasteiger partial charge in [0.2, 0.25) is 0 Å². The molecule has 0 fully saturated rings.